The number of carbonyl (C=O) groups is 2. The highest BCUT2D eigenvalue weighted by Crippen LogP contribution is 2.36. The van der Waals surface area contributed by atoms with Crippen LogP contribution in [0, 0.1) is 0 Å². The number of rotatable bonds is 7. The summed E-state index contributed by atoms with van der Waals surface area (Å²) < 4.78 is 11.4. The summed E-state index contributed by atoms with van der Waals surface area (Å²) in [7, 11) is 0. The fraction of sp³-hybridized carbons (Fsp3) is 0.522. The normalized spacial score (nSPS) is 15.7. The van der Waals surface area contributed by atoms with Gasteiger partial charge in [0.25, 0.3) is 5.56 Å². The number of carboxylic acids is 2. The molecule has 0 radical (unpaired) electrons. The number of H-pyrrole nitrogens is 1. The molecule has 0 spiro atoms. The second-order valence-corrected chi connectivity index (χ2v) is 7.96. The number of ether oxygens (including phenoxy) is 2. The summed E-state index contributed by atoms with van der Waals surface area (Å²) in [5, 5.41) is 20.2. The van der Waals surface area contributed by atoms with Gasteiger partial charge in [-0.25, -0.2) is 0 Å². The van der Waals surface area contributed by atoms with Crippen LogP contribution < -0.4 is 15.6 Å². The molecule has 10 nitrogen and oxygen atoms in total. The number of benzene rings is 1. The predicted molar refractivity (Wildman–Crippen MR) is 123 cm³/mol. The lowest BCUT2D eigenvalue weighted by atomic mass is 9.99. The molecule has 33 heavy (non-hydrogen) atoms. The van der Waals surface area contributed by atoms with Gasteiger partial charge in [-0.1, -0.05) is 0 Å². The number of morpholine rings is 1. The number of aliphatic carboxylic acids is 2. The zero-order valence-electron chi connectivity index (χ0n) is 18.8. The van der Waals surface area contributed by atoms with Gasteiger partial charge in [0.1, 0.15) is 5.75 Å². The number of aromatic amines is 1. The molecule has 10 heteroatoms. The van der Waals surface area contributed by atoms with Crippen molar-refractivity contribution in [3.05, 3.63) is 33.6 Å². The van der Waals surface area contributed by atoms with Crippen molar-refractivity contribution < 1.29 is 29.3 Å². The Morgan fingerprint density at radius 2 is 1.85 bits per heavy atom. The third kappa shape index (κ3) is 6.69. The Balaban J connectivity index is 0.000000331. The van der Waals surface area contributed by atoms with E-state index in [1.807, 2.05) is 6.92 Å². The molecule has 2 aliphatic heterocycles. The van der Waals surface area contributed by atoms with Crippen LogP contribution in [0.5, 0.6) is 5.75 Å². The third-order valence-electron chi connectivity index (χ3n) is 5.50. The zero-order chi connectivity index (χ0) is 23.8. The number of hydrogen-bond acceptors (Lipinski definition) is 7. The fourth-order valence-electron chi connectivity index (χ4n) is 4.00. The molecular formula is C23H31N3O7. The smallest absolute Gasteiger partial charge is 0.303 e. The molecule has 0 unspecified atom stereocenters. The van der Waals surface area contributed by atoms with Crippen LogP contribution in [0.25, 0.3) is 10.9 Å². The number of anilines is 1. The second kappa shape index (κ2) is 11.7. The summed E-state index contributed by atoms with van der Waals surface area (Å²) in [5.41, 5.74) is 3.82. The largest absolute Gasteiger partial charge is 0.493 e. The van der Waals surface area contributed by atoms with Gasteiger partial charge in [0.15, 0.2) is 0 Å². The number of hydrogen-bond donors (Lipinski definition) is 4. The van der Waals surface area contributed by atoms with E-state index in [-0.39, 0.29) is 18.4 Å². The molecule has 0 amide bonds. The Hall–Kier alpha value is -3.11. The number of carboxylic acid groups (broad SMARTS) is 2. The highest BCUT2D eigenvalue weighted by molar-refractivity contribution is 5.98. The van der Waals surface area contributed by atoms with Gasteiger partial charge in [0, 0.05) is 31.7 Å². The number of aromatic nitrogens is 1. The van der Waals surface area contributed by atoms with E-state index in [0.29, 0.717) is 6.61 Å². The molecule has 4 rings (SSSR count). The zero-order valence-corrected chi connectivity index (χ0v) is 18.8. The standard InChI is InChI=1S/C19H25N3O3.C4H6O4/c1-2-25-16-11-13(12-22-6-8-24-9-7-22)10-15-17(16)18-14(19(23)21-15)4-3-5-20-18;5-3(6)1-2-4(7)8/h10-11,20H,2-9,12H2,1H3,(H,21,23);1-2H2,(H,5,6)(H,7,8). The summed E-state index contributed by atoms with van der Waals surface area (Å²) >= 11 is 0. The highest BCUT2D eigenvalue weighted by Gasteiger charge is 2.20. The van der Waals surface area contributed by atoms with E-state index in [4.69, 9.17) is 19.7 Å². The minimum absolute atomic E-state index is 0.0145. The number of nitrogens with zero attached hydrogens (tertiary/aromatic N) is 1. The van der Waals surface area contributed by atoms with Crippen LogP contribution in [0.15, 0.2) is 16.9 Å². The summed E-state index contributed by atoms with van der Waals surface area (Å²) in [5.74, 6) is -1.30. The molecule has 2 aliphatic rings. The van der Waals surface area contributed by atoms with Crippen LogP contribution in [0.3, 0.4) is 0 Å². The highest BCUT2D eigenvalue weighted by atomic mass is 16.5. The van der Waals surface area contributed by atoms with E-state index in [0.717, 1.165) is 85.7 Å². The third-order valence-corrected chi connectivity index (χ3v) is 5.50. The summed E-state index contributed by atoms with van der Waals surface area (Å²) in [6.07, 6.45) is 1.21. The van der Waals surface area contributed by atoms with Gasteiger partial charge < -0.3 is 30.0 Å². The lowest BCUT2D eigenvalue weighted by Gasteiger charge is -2.27. The van der Waals surface area contributed by atoms with Crippen molar-refractivity contribution in [1.82, 2.24) is 9.88 Å². The molecule has 4 N–H and O–H groups in total. The van der Waals surface area contributed by atoms with Crippen LogP contribution in [-0.4, -0.2) is 71.5 Å². The van der Waals surface area contributed by atoms with E-state index in [1.54, 1.807) is 0 Å². The van der Waals surface area contributed by atoms with Crippen LogP contribution in [-0.2, 0) is 27.3 Å². The van der Waals surface area contributed by atoms with Crippen molar-refractivity contribution in [2.45, 2.75) is 39.2 Å². The van der Waals surface area contributed by atoms with Crippen molar-refractivity contribution >= 4 is 28.5 Å². The Labute approximate surface area is 191 Å². The Morgan fingerprint density at radius 3 is 2.48 bits per heavy atom. The van der Waals surface area contributed by atoms with Crippen molar-refractivity contribution in [2.24, 2.45) is 0 Å². The van der Waals surface area contributed by atoms with Gasteiger partial charge in [-0.05, 0) is 37.5 Å². The second-order valence-electron chi connectivity index (χ2n) is 7.96. The first-order valence-electron chi connectivity index (χ1n) is 11.2. The topological polar surface area (TPSA) is 141 Å². The van der Waals surface area contributed by atoms with Crippen LogP contribution >= 0.6 is 0 Å². The molecule has 0 atom stereocenters. The van der Waals surface area contributed by atoms with Gasteiger partial charge in [0.05, 0.1) is 49.3 Å². The maximum Gasteiger partial charge on any atom is 0.303 e. The maximum atomic E-state index is 12.5. The van der Waals surface area contributed by atoms with Crippen LogP contribution in [0.2, 0.25) is 0 Å². The van der Waals surface area contributed by atoms with Gasteiger partial charge >= 0.3 is 11.9 Å². The molecule has 1 fully saturated rings. The van der Waals surface area contributed by atoms with Crippen molar-refractivity contribution in [3.63, 3.8) is 0 Å². The molecule has 3 heterocycles. The van der Waals surface area contributed by atoms with Gasteiger partial charge in [-0.3, -0.25) is 19.3 Å². The number of pyridine rings is 1. The van der Waals surface area contributed by atoms with Crippen molar-refractivity contribution in [1.29, 1.82) is 0 Å². The molecule has 1 aromatic carbocycles. The Kier molecular flexibility index (Phi) is 8.67. The summed E-state index contributed by atoms with van der Waals surface area (Å²) in [6.45, 7) is 7.75. The van der Waals surface area contributed by atoms with Crippen LogP contribution in [0.1, 0.15) is 37.3 Å². The molecule has 1 saturated heterocycles. The average Bonchev–Trinajstić information content (AvgIpc) is 2.79. The number of nitrogens with one attached hydrogen (secondary N) is 2. The summed E-state index contributed by atoms with van der Waals surface area (Å²) in [6, 6.07) is 4.21. The van der Waals surface area contributed by atoms with E-state index >= 15 is 0 Å². The first kappa shape index (κ1) is 24.5. The van der Waals surface area contributed by atoms with E-state index in [1.165, 1.54) is 0 Å². The monoisotopic (exact) mass is 461 g/mol. The molecule has 2 aromatic rings. The predicted octanol–water partition coefficient (Wildman–Crippen LogP) is 2.05. The number of fused-ring (bicyclic) bond motifs is 3. The summed E-state index contributed by atoms with van der Waals surface area (Å²) in [4.78, 5) is 37.2. The maximum absolute atomic E-state index is 12.5. The molecule has 0 saturated carbocycles. The lowest BCUT2D eigenvalue weighted by Crippen LogP contribution is -2.35. The molecular weight excluding hydrogens is 430 g/mol. The van der Waals surface area contributed by atoms with Gasteiger partial charge in [-0.15, -0.1) is 0 Å². The minimum Gasteiger partial charge on any atom is -0.493 e. The molecule has 0 bridgehead atoms. The minimum atomic E-state index is -1.08. The van der Waals surface area contributed by atoms with Crippen molar-refractivity contribution in [3.8, 4) is 5.75 Å². The van der Waals surface area contributed by atoms with Crippen molar-refractivity contribution in [2.75, 3.05) is 44.8 Å². The van der Waals surface area contributed by atoms with E-state index < -0.39 is 11.9 Å². The van der Waals surface area contributed by atoms with Crippen LogP contribution in [0.4, 0.5) is 5.69 Å². The van der Waals surface area contributed by atoms with Gasteiger partial charge in [0.2, 0.25) is 0 Å². The van der Waals surface area contributed by atoms with E-state index in [2.05, 4.69) is 27.3 Å². The molecule has 1 aromatic heterocycles. The molecule has 180 valence electrons. The van der Waals surface area contributed by atoms with Gasteiger partial charge in [-0.2, -0.15) is 0 Å². The first-order chi connectivity index (χ1) is 15.9. The Morgan fingerprint density at radius 1 is 1.15 bits per heavy atom. The average molecular weight is 462 g/mol. The lowest BCUT2D eigenvalue weighted by molar-refractivity contribution is -0.143. The van der Waals surface area contributed by atoms with E-state index in [9.17, 15) is 14.4 Å². The molecule has 0 aliphatic carbocycles. The first-order valence-corrected chi connectivity index (χ1v) is 11.2. The Bertz CT molecular complexity index is 1030. The fourth-order valence-corrected chi connectivity index (χ4v) is 4.00. The quantitative estimate of drug-likeness (QED) is 0.487. The SMILES string of the molecule is CCOc1cc(CN2CCOCC2)cc2[nH]c(=O)c3c(c12)NCCC3.O=C(O)CCC(=O)O.